The summed E-state index contributed by atoms with van der Waals surface area (Å²) in [6.45, 7) is -0.820. The highest BCUT2D eigenvalue weighted by atomic mass is 18.0. The van der Waals surface area contributed by atoms with Crippen molar-refractivity contribution in [3.05, 3.63) is 25.0 Å². The summed E-state index contributed by atoms with van der Waals surface area (Å²) >= 11 is 0. The van der Waals surface area contributed by atoms with E-state index in [0.717, 1.165) is 25.0 Å². The molecule has 0 fully saturated rings. The van der Waals surface area contributed by atoms with Gasteiger partial charge in [-0.3, -0.25) is 0 Å². The third-order valence-corrected chi connectivity index (χ3v) is 2.58. The summed E-state index contributed by atoms with van der Waals surface area (Å²) in [6.07, 6.45) is 3.01. The van der Waals surface area contributed by atoms with Gasteiger partial charge in [0.05, 0.1) is 40.6 Å². The molecule has 0 aliphatic carbocycles. The van der Waals surface area contributed by atoms with Crippen LogP contribution in [0, 0.1) is 0 Å². The Kier molecular flexibility index (Phi) is 40.2. The zero-order valence-corrected chi connectivity index (χ0v) is 23.5. The Labute approximate surface area is 260 Å². The molecule has 0 aromatic carbocycles. The Morgan fingerprint density at radius 2 is 0.625 bits per heavy atom. The van der Waals surface area contributed by atoms with Crippen molar-refractivity contribution in [3.63, 3.8) is 0 Å². The van der Waals surface area contributed by atoms with Crippen LogP contribution in [0.25, 0.3) is 0 Å². The monoisotopic (exact) mass is 740 g/mol. The molecule has 35 heteroatoms. The summed E-state index contributed by atoms with van der Waals surface area (Å²) in [6, 6.07) is 0. The van der Waals surface area contributed by atoms with Gasteiger partial charge in [0.15, 0.2) is 12.5 Å². The van der Waals surface area contributed by atoms with Crippen LogP contribution in [0.3, 0.4) is 0 Å². The van der Waals surface area contributed by atoms with Gasteiger partial charge in [-0.05, 0) is 60.5 Å². The average Bonchev–Trinajstić information content (AvgIpc) is 3.09. The first-order valence-corrected chi connectivity index (χ1v) is 10.9. The normalized spacial score (nSPS) is 12.3. The molecule has 0 radical (unpaired) electrons. The van der Waals surface area contributed by atoms with Crippen LogP contribution in [0.2, 0.25) is 0 Å². The van der Waals surface area contributed by atoms with Crippen LogP contribution in [0.4, 0.5) is 0 Å². The van der Waals surface area contributed by atoms with Gasteiger partial charge in [-0.15, -0.1) is 0 Å². The maximum absolute atomic E-state index is 9.68. The van der Waals surface area contributed by atoms with E-state index >= 15 is 0 Å². The molecule has 0 aliphatic heterocycles. The van der Waals surface area contributed by atoms with Crippen LogP contribution in [0.1, 0.15) is 0 Å². The summed E-state index contributed by atoms with van der Waals surface area (Å²) in [5.41, 5.74) is 0. The maximum atomic E-state index is 9.68. The molecule has 0 aromatic rings. The fourth-order valence-corrected chi connectivity index (χ4v) is 1.26. The third kappa shape index (κ3) is 41.5. The van der Waals surface area contributed by atoms with Gasteiger partial charge in [0.1, 0.15) is 31.8 Å². The van der Waals surface area contributed by atoms with Crippen molar-refractivity contribution in [2.24, 2.45) is 0 Å². The Morgan fingerprint density at radius 3 is 0.917 bits per heavy atom. The van der Waals surface area contributed by atoms with E-state index < -0.39 is 6.10 Å². The van der Waals surface area contributed by atoms with Crippen LogP contribution in [0.5, 0.6) is 0 Å². The van der Waals surface area contributed by atoms with Gasteiger partial charge in [0.2, 0.25) is 0 Å². The molecule has 0 aromatic heterocycles. The molecule has 0 atom stereocenters. The van der Waals surface area contributed by atoms with Crippen molar-refractivity contribution in [1.82, 2.24) is 0 Å². The molecular weight excluding hydrogens is 716 g/mol. The predicted octanol–water partition coefficient (Wildman–Crippen LogP) is -1.27. The Hall–Kier alpha value is -2.56. The second-order valence-electron chi connectivity index (χ2n) is 5.42. The second-order valence-corrected chi connectivity index (χ2v) is 5.42. The highest BCUT2D eigenvalue weighted by Crippen LogP contribution is 1.96. The highest BCUT2D eigenvalue weighted by molar-refractivity contribution is 4.56. The fourth-order valence-electron chi connectivity index (χ4n) is 1.26. The number of aliphatic hydroxyl groups excluding tert-OH is 1. The van der Waals surface area contributed by atoms with Crippen molar-refractivity contribution in [2.45, 2.75) is 6.10 Å². The van der Waals surface area contributed by atoms with Crippen molar-refractivity contribution >= 4 is 0 Å². The van der Waals surface area contributed by atoms with Gasteiger partial charge in [-0.2, -0.15) is 0 Å². The highest BCUT2D eigenvalue weighted by Gasteiger charge is 2.06. The van der Waals surface area contributed by atoms with Crippen molar-refractivity contribution in [1.29, 1.82) is 0 Å². The lowest BCUT2D eigenvalue weighted by Gasteiger charge is -2.11. The number of methoxy groups -OCH3 is 2. The van der Waals surface area contributed by atoms with Crippen LogP contribution in [-0.2, 0) is 169 Å². The Balaban J connectivity index is 3.15. The summed E-state index contributed by atoms with van der Waals surface area (Å²) < 4.78 is 19.0. The minimum atomic E-state index is -1.02. The molecule has 286 valence electrons. The van der Waals surface area contributed by atoms with Crippen LogP contribution < -0.4 is 0 Å². The third-order valence-electron chi connectivity index (χ3n) is 2.58. The largest absolute Gasteiger partial charge is 0.501 e. The smallest absolute Gasteiger partial charge is 0.167 e. The SMILES string of the molecule is COC=COOOOOOOOOOOOOOOCCOCC(O)COCCOOOOOOOOOOOOOOOC=COC. The molecule has 48 heavy (non-hydrogen) atoms. The Bertz CT molecular complexity index is 588. The molecule has 0 saturated carbocycles. The van der Waals surface area contributed by atoms with Gasteiger partial charge in [-0.25, -0.2) is 9.78 Å². The molecular formula is C13H24O35. The summed E-state index contributed by atoms with van der Waals surface area (Å²) in [5, 5.41) is 106. The maximum Gasteiger partial charge on any atom is 0.167 e. The summed E-state index contributed by atoms with van der Waals surface area (Å²) in [4.78, 5) is 17.1. The van der Waals surface area contributed by atoms with Crippen LogP contribution in [0.15, 0.2) is 25.0 Å². The first-order valence-electron chi connectivity index (χ1n) is 10.9. The molecule has 0 rings (SSSR count). The number of aliphatic hydroxyl groups is 1. The van der Waals surface area contributed by atoms with Crippen molar-refractivity contribution in [3.8, 4) is 0 Å². The van der Waals surface area contributed by atoms with Gasteiger partial charge in [0.25, 0.3) is 0 Å². The van der Waals surface area contributed by atoms with E-state index in [-0.39, 0.29) is 39.6 Å². The number of ether oxygens (including phenoxy) is 4. The summed E-state index contributed by atoms with van der Waals surface area (Å²) in [5.74, 6) is 0. The lowest BCUT2D eigenvalue weighted by Crippen LogP contribution is -2.24. The molecule has 0 unspecified atom stereocenters. The molecule has 0 bridgehead atoms. The average molecular weight is 740 g/mol. The molecule has 0 heterocycles. The van der Waals surface area contributed by atoms with Crippen molar-refractivity contribution in [2.75, 3.05) is 53.9 Å². The van der Waals surface area contributed by atoms with E-state index in [1.54, 1.807) is 0 Å². The van der Waals surface area contributed by atoms with E-state index in [0.29, 0.717) is 0 Å². The zero-order chi connectivity index (χ0) is 34.7. The lowest BCUT2D eigenvalue weighted by atomic mass is 10.4. The molecule has 0 aliphatic rings. The van der Waals surface area contributed by atoms with E-state index in [2.05, 4.69) is 160 Å². The van der Waals surface area contributed by atoms with Crippen molar-refractivity contribution < 1.29 is 175 Å². The number of hydrogen-bond donors (Lipinski definition) is 1. The first kappa shape index (κ1) is 45.4. The number of rotatable bonds is 42. The van der Waals surface area contributed by atoms with Gasteiger partial charge >= 0.3 is 0 Å². The van der Waals surface area contributed by atoms with Crippen LogP contribution in [-0.4, -0.2) is 65.1 Å². The van der Waals surface area contributed by atoms with E-state index in [4.69, 9.17) is 9.47 Å². The predicted molar refractivity (Wildman–Crippen MR) is 102 cm³/mol. The molecule has 1 N–H and O–H groups in total. The first-order chi connectivity index (χ1) is 23.8. The molecule has 0 amide bonds. The Morgan fingerprint density at radius 1 is 0.354 bits per heavy atom. The minimum absolute atomic E-state index is 0.0651. The van der Waals surface area contributed by atoms with E-state index in [1.807, 2.05) is 0 Å². The van der Waals surface area contributed by atoms with Crippen LogP contribution >= 0.6 is 0 Å². The lowest BCUT2D eigenvalue weighted by molar-refractivity contribution is -0.879. The standard InChI is InChI=1S/C13H24O35/c1-15-3-7-19-23-27-31-35-39-43-47-45-41-37-33-29-25-21-9-5-17-11-13(14)12-18-6-10-22-26-30-34-38-42-46-48-44-40-36-32-28-24-20-8-4-16-2/h3-4,7-8,13-14H,5-6,9-12H2,1-2H3. The quantitative estimate of drug-likeness (QED) is 0.0330. The van der Waals surface area contributed by atoms with Gasteiger partial charge in [0, 0.05) is 70.5 Å². The molecule has 0 saturated heterocycles. The van der Waals surface area contributed by atoms with Gasteiger partial charge in [-0.1, -0.05) is 0 Å². The summed E-state index contributed by atoms with van der Waals surface area (Å²) in [7, 11) is 2.69. The van der Waals surface area contributed by atoms with E-state index in [1.165, 1.54) is 14.2 Å². The van der Waals surface area contributed by atoms with E-state index in [9.17, 15) is 5.11 Å². The second kappa shape index (κ2) is 42.5. The topological polar surface area (TPSA) is 334 Å². The fraction of sp³-hybridized carbons (Fsp3) is 0.692. The number of hydrogen-bond acceptors (Lipinski definition) is 35. The minimum Gasteiger partial charge on any atom is -0.501 e. The van der Waals surface area contributed by atoms with Gasteiger partial charge < -0.3 is 33.8 Å². The molecule has 35 nitrogen and oxygen atoms in total. The molecule has 0 spiro atoms. The zero-order valence-electron chi connectivity index (χ0n) is 23.5.